The second-order valence-electron chi connectivity index (χ2n) is 5.08. The van der Waals surface area contributed by atoms with E-state index in [0.717, 1.165) is 30.5 Å². The molecular weight excluding hydrogens is 292 g/mol. The summed E-state index contributed by atoms with van der Waals surface area (Å²) in [6.07, 6.45) is 0.834. The van der Waals surface area contributed by atoms with E-state index in [2.05, 4.69) is 51.3 Å². The van der Waals surface area contributed by atoms with Crippen LogP contribution in [0.15, 0.2) is 22.7 Å². The van der Waals surface area contributed by atoms with Crippen LogP contribution in [0.5, 0.6) is 0 Å². The summed E-state index contributed by atoms with van der Waals surface area (Å²) in [4.78, 5) is 2.30. The first-order valence-corrected chi connectivity index (χ1v) is 7.27. The molecule has 1 fully saturated rings. The van der Waals surface area contributed by atoms with Gasteiger partial charge in [0.15, 0.2) is 0 Å². The van der Waals surface area contributed by atoms with Crippen molar-refractivity contribution < 1.29 is 5.11 Å². The van der Waals surface area contributed by atoms with E-state index in [9.17, 15) is 5.11 Å². The van der Waals surface area contributed by atoms with Gasteiger partial charge in [-0.3, -0.25) is 0 Å². The van der Waals surface area contributed by atoms with Gasteiger partial charge in [-0.15, -0.1) is 0 Å². The molecule has 1 aromatic rings. The molecule has 1 aromatic carbocycles. The first-order valence-electron chi connectivity index (χ1n) is 6.48. The van der Waals surface area contributed by atoms with Crippen molar-refractivity contribution >= 4 is 21.6 Å². The number of halogens is 1. The van der Waals surface area contributed by atoms with Crippen LogP contribution in [0, 0.1) is 5.92 Å². The van der Waals surface area contributed by atoms with Crippen LogP contribution < -0.4 is 10.2 Å². The number of β-amino-alcohol motifs (C(OH)–C–C–N with tert-alkyl or cyclic N) is 1. The van der Waals surface area contributed by atoms with E-state index in [1.807, 2.05) is 7.05 Å². The van der Waals surface area contributed by atoms with Crippen LogP contribution in [-0.2, 0) is 6.54 Å². The van der Waals surface area contributed by atoms with E-state index >= 15 is 0 Å². The maximum Gasteiger partial charge on any atom is 0.0741 e. The summed E-state index contributed by atoms with van der Waals surface area (Å²) in [5, 5.41) is 13.2. The molecule has 0 bridgehead atoms. The molecule has 3 nitrogen and oxygen atoms in total. The van der Waals surface area contributed by atoms with Crippen LogP contribution >= 0.6 is 15.9 Å². The smallest absolute Gasteiger partial charge is 0.0741 e. The van der Waals surface area contributed by atoms with E-state index < -0.39 is 0 Å². The Kier molecular flexibility index (Phi) is 4.65. The lowest BCUT2D eigenvalue weighted by molar-refractivity contribution is 0.103. The summed E-state index contributed by atoms with van der Waals surface area (Å²) >= 11 is 3.52. The van der Waals surface area contributed by atoms with Gasteiger partial charge in [-0.1, -0.05) is 22.9 Å². The first kappa shape index (κ1) is 13.8. The fourth-order valence-electron chi connectivity index (χ4n) is 2.46. The highest BCUT2D eigenvalue weighted by molar-refractivity contribution is 9.10. The number of hydrogen-bond donors (Lipinski definition) is 2. The van der Waals surface area contributed by atoms with Gasteiger partial charge in [-0.25, -0.2) is 0 Å². The molecular formula is C14H21BrN2O. The predicted octanol–water partition coefficient (Wildman–Crippen LogP) is 2.38. The summed E-state index contributed by atoms with van der Waals surface area (Å²) in [7, 11) is 1.96. The van der Waals surface area contributed by atoms with E-state index in [4.69, 9.17) is 0 Å². The Balaban J connectivity index is 2.22. The van der Waals surface area contributed by atoms with Gasteiger partial charge >= 0.3 is 0 Å². The fourth-order valence-corrected chi connectivity index (χ4v) is 2.87. The van der Waals surface area contributed by atoms with Crippen LogP contribution in [0.2, 0.25) is 0 Å². The number of rotatable bonds is 3. The van der Waals surface area contributed by atoms with Crippen molar-refractivity contribution in [2.24, 2.45) is 5.92 Å². The lowest BCUT2D eigenvalue weighted by Gasteiger charge is -2.37. The number of benzene rings is 1. The molecule has 1 saturated heterocycles. The van der Waals surface area contributed by atoms with Crippen molar-refractivity contribution in [3.05, 3.63) is 28.2 Å². The Morgan fingerprint density at radius 1 is 1.50 bits per heavy atom. The third kappa shape index (κ3) is 3.05. The third-order valence-electron chi connectivity index (χ3n) is 3.67. The number of hydrogen-bond acceptors (Lipinski definition) is 3. The standard InChI is InChI=1S/C14H21BrN2O/c1-10-5-6-17(9-14(10)18)13-4-3-12(15)7-11(13)8-16-2/h3-4,7,10,14,16,18H,5-6,8-9H2,1-2H3. The lowest BCUT2D eigenvalue weighted by Crippen LogP contribution is -2.43. The normalized spacial score (nSPS) is 24.3. The number of piperidine rings is 1. The number of nitrogens with one attached hydrogen (secondary N) is 1. The van der Waals surface area contributed by atoms with Crippen LogP contribution in [0.3, 0.4) is 0 Å². The molecule has 1 aliphatic rings. The molecule has 0 radical (unpaired) electrons. The molecule has 18 heavy (non-hydrogen) atoms. The minimum Gasteiger partial charge on any atom is -0.391 e. The molecule has 4 heteroatoms. The first-order chi connectivity index (χ1) is 8.61. The maximum atomic E-state index is 10.0. The summed E-state index contributed by atoms with van der Waals surface area (Å²) in [6, 6.07) is 6.36. The van der Waals surface area contributed by atoms with Crippen LogP contribution in [0.1, 0.15) is 18.9 Å². The predicted molar refractivity (Wildman–Crippen MR) is 78.9 cm³/mol. The average molecular weight is 313 g/mol. The molecule has 2 unspecified atom stereocenters. The molecule has 100 valence electrons. The lowest BCUT2D eigenvalue weighted by atomic mass is 9.95. The molecule has 1 aliphatic heterocycles. The van der Waals surface area contributed by atoms with Crippen molar-refractivity contribution in [2.45, 2.75) is 26.0 Å². The number of anilines is 1. The van der Waals surface area contributed by atoms with Gasteiger partial charge in [-0.2, -0.15) is 0 Å². The molecule has 0 spiro atoms. The second-order valence-corrected chi connectivity index (χ2v) is 6.00. The average Bonchev–Trinajstić information content (AvgIpc) is 2.34. The maximum absolute atomic E-state index is 10.0. The SMILES string of the molecule is CNCc1cc(Br)ccc1N1CCC(C)C(O)C1. The van der Waals surface area contributed by atoms with Crippen molar-refractivity contribution in [1.29, 1.82) is 0 Å². The summed E-state index contributed by atoms with van der Waals surface area (Å²) in [5.74, 6) is 0.407. The summed E-state index contributed by atoms with van der Waals surface area (Å²) in [5.41, 5.74) is 2.51. The minimum atomic E-state index is -0.218. The van der Waals surface area contributed by atoms with Crippen molar-refractivity contribution in [3.8, 4) is 0 Å². The van der Waals surface area contributed by atoms with E-state index in [1.165, 1.54) is 11.3 Å². The van der Waals surface area contributed by atoms with Crippen molar-refractivity contribution in [3.63, 3.8) is 0 Å². The summed E-state index contributed by atoms with van der Waals surface area (Å²) in [6.45, 7) is 4.73. The van der Waals surface area contributed by atoms with Crippen molar-refractivity contribution in [1.82, 2.24) is 5.32 Å². The molecule has 0 saturated carbocycles. The van der Waals surface area contributed by atoms with Crippen LogP contribution in [-0.4, -0.2) is 31.3 Å². The van der Waals surface area contributed by atoms with Gasteiger partial charge in [0.1, 0.15) is 0 Å². The molecule has 0 amide bonds. The molecule has 0 aliphatic carbocycles. The van der Waals surface area contributed by atoms with Crippen molar-refractivity contribution in [2.75, 3.05) is 25.0 Å². The van der Waals surface area contributed by atoms with Crippen LogP contribution in [0.4, 0.5) is 5.69 Å². The number of aliphatic hydroxyl groups excluding tert-OH is 1. The number of aliphatic hydroxyl groups is 1. The Labute approximate surface area is 117 Å². The Morgan fingerprint density at radius 3 is 2.94 bits per heavy atom. The zero-order chi connectivity index (χ0) is 13.1. The van der Waals surface area contributed by atoms with Gasteiger partial charge in [0.05, 0.1) is 6.10 Å². The monoisotopic (exact) mass is 312 g/mol. The highest BCUT2D eigenvalue weighted by atomic mass is 79.9. The zero-order valence-electron chi connectivity index (χ0n) is 11.0. The largest absolute Gasteiger partial charge is 0.391 e. The quantitative estimate of drug-likeness (QED) is 0.899. The van der Waals surface area contributed by atoms with Gasteiger partial charge in [0.25, 0.3) is 0 Å². The molecule has 2 N–H and O–H groups in total. The third-order valence-corrected chi connectivity index (χ3v) is 4.16. The fraction of sp³-hybridized carbons (Fsp3) is 0.571. The number of nitrogens with zero attached hydrogens (tertiary/aromatic N) is 1. The van der Waals surface area contributed by atoms with E-state index in [1.54, 1.807) is 0 Å². The van der Waals surface area contributed by atoms with Gasteiger partial charge in [-0.05, 0) is 43.1 Å². The molecule has 2 rings (SSSR count). The Hall–Kier alpha value is -0.580. The van der Waals surface area contributed by atoms with E-state index in [0.29, 0.717) is 5.92 Å². The van der Waals surface area contributed by atoms with Gasteiger partial charge in [0, 0.05) is 29.8 Å². The van der Waals surface area contributed by atoms with E-state index in [-0.39, 0.29) is 6.10 Å². The second kappa shape index (κ2) is 6.04. The highest BCUT2D eigenvalue weighted by Crippen LogP contribution is 2.28. The Morgan fingerprint density at radius 2 is 2.28 bits per heavy atom. The molecule has 2 atom stereocenters. The minimum absolute atomic E-state index is 0.218. The Bertz CT molecular complexity index is 411. The molecule has 0 aromatic heterocycles. The topological polar surface area (TPSA) is 35.5 Å². The zero-order valence-corrected chi connectivity index (χ0v) is 12.6. The highest BCUT2D eigenvalue weighted by Gasteiger charge is 2.25. The molecule has 1 heterocycles. The van der Waals surface area contributed by atoms with Gasteiger partial charge < -0.3 is 15.3 Å². The van der Waals surface area contributed by atoms with Gasteiger partial charge in [0.2, 0.25) is 0 Å². The summed E-state index contributed by atoms with van der Waals surface area (Å²) < 4.78 is 1.10. The van der Waals surface area contributed by atoms with Crippen LogP contribution in [0.25, 0.3) is 0 Å².